The summed E-state index contributed by atoms with van der Waals surface area (Å²) in [5.41, 5.74) is -0.979. The van der Waals surface area contributed by atoms with Crippen LogP contribution in [0.25, 0.3) is 0 Å². The second-order valence-electron chi connectivity index (χ2n) is 4.55. The minimum atomic E-state index is -4.57. The van der Waals surface area contributed by atoms with Gasteiger partial charge < -0.3 is 5.32 Å². The van der Waals surface area contributed by atoms with E-state index in [1.165, 1.54) is 0 Å². The van der Waals surface area contributed by atoms with Gasteiger partial charge in [0.05, 0.1) is 6.20 Å². The van der Waals surface area contributed by atoms with Gasteiger partial charge in [0.1, 0.15) is 5.56 Å². The lowest BCUT2D eigenvalue weighted by Gasteiger charge is -2.16. The van der Waals surface area contributed by atoms with Crippen molar-refractivity contribution in [1.29, 1.82) is 0 Å². The van der Waals surface area contributed by atoms with Crippen molar-refractivity contribution in [3.63, 3.8) is 0 Å². The van der Waals surface area contributed by atoms with E-state index in [1.807, 2.05) is 13.8 Å². The lowest BCUT2D eigenvalue weighted by Crippen LogP contribution is -2.25. The molecule has 1 rings (SSSR count). The molecule has 0 aliphatic carbocycles. The molecule has 1 heterocycles. The number of carbonyl (C=O) groups excluding carboxylic acids is 1. The van der Waals surface area contributed by atoms with Crippen molar-refractivity contribution in [3.8, 4) is 0 Å². The van der Waals surface area contributed by atoms with Crippen molar-refractivity contribution >= 4 is 11.7 Å². The van der Waals surface area contributed by atoms with Crippen LogP contribution in [0.5, 0.6) is 0 Å². The Balaban J connectivity index is 2.89. The minimum Gasteiger partial charge on any atom is -0.308 e. The Kier molecular flexibility index (Phi) is 5.91. The molecule has 4 nitrogen and oxygen atoms in total. The lowest BCUT2D eigenvalue weighted by molar-refractivity contribution is -0.137. The molecule has 0 fully saturated rings. The molecular weight excluding hydrogens is 271 g/mol. The van der Waals surface area contributed by atoms with Gasteiger partial charge in [-0.1, -0.05) is 26.7 Å². The standard InChI is InChI=1S/C13H18F3N3O/c1-3-5-9(6-4-2)12(20)18-11-10(13(14,15)16)7-8-17-19-11/h7-9H,3-6H2,1-2H3,(H,18,19,20). The zero-order valence-electron chi connectivity index (χ0n) is 11.5. The Hall–Kier alpha value is -1.66. The van der Waals surface area contributed by atoms with Crippen LogP contribution in [-0.4, -0.2) is 16.1 Å². The summed E-state index contributed by atoms with van der Waals surface area (Å²) in [6.45, 7) is 3.86. The maximum atomic E-state index is 12.8. The molecule has 1 aromatic heterocycles. The molecule has 0 aromatic carbocycles. The monoisotopic (exact) mass is 289 g/mol. The number of nitrogens with zero attached hydrogens (tertiary/aromatic N) is 2. The quantitative estimate of drug-likeness (QED) is 0.869. The van der Waals surface area contributed by atoms with Crippen LogP contribution in [0.3, 0.4) is 0 Å². The van der Waals surface area contributed by atoms with E-state index >= 15 is 0 Å². The third-order valence-corrected chi connectivity index (χ3v) is 2.91. The van der Waals surface area contributed by atoms with Gasteiger partial charge in [-0.25, -0.2) is 0 Å². The molecule has 20 heavy (non-hydrogen) atoms. The molecular formula is C13H18F3N3O. The Morgan fingerprint density at radius 2 is 1.90 bits per heavy atom. The Morgan fingerprint density at radius 3 is 2.40 bits per heavy atom. The normalized spacial score (nSPS) is 11.7. The topological polar surface area (TPSA) is 54.9 Å². The van der Waals surface area contributed by atoms with Gasteiger partial charge in [0, 0.05) is 5.92 Å². The zero-order chi connectivity index (χ0) is 15.2. The summed E-state index contributed by atoms with van der Waals surface area (Å²) in [5.74, 6) is -1.25. The number of amides is 1. The third kappa shape index (κ3) is 4.47. The number of halogens is 3. The molecule has 0 aliphatic rings. The van der Waals surface area contributed by atoms with E-state index in [0.717, 1.165) is 25.1 Å². The van der Waals surface area contributed by atoms with Gasteiger partial charge in [0.15, 0.2) is 5.82 Å². The largest absolute Gasteiger partial charge is 0.420 e. The molecule has 0 bridgehead atoms. The first-order valence-electron chi connectivity index (χ1n) is 6.59. The first-order chi connectivity index (χ1) is 9.40. The number of hydrogen-bond acceptors (Lipinski definition) is 3. The highest BCUT2D eigenvalue weighted by Crippen LogP contribution is 2.33. The third-order valence-electron chi connectivity index (χ3n) is 2.91. The van der Waals surface area contributed by atoms with Gasteiger partial charge in [-0.15, -0.1) is 5.10 Å². The van der Waals surface area contributed by atoms with Crippen molar-refractivity contribution in [1.82, 2.24) is 10.2 Å². The van der Waals surface area contributed by atoms with E-state index < -0.39 is 23.5 Å². The number of alkyl halides is 3. The van der Waals surface area contributed by atoms with Crippen molar-refractivity contribution in [2.75, 3.05) is 5.32 Å². The minimum absolute atomic E-state index is 0.298. The van der Waals surface area contributed by atoms with Crippen LogP contribution in [0.15, 0.2) is 12.3 Å². The first kappa shape index (κ1) is 16.4. The average Bonchev–Trinajstić information content (AvgIpc) is 2.38. The molecule has 0 spiro atoms. The van der Waals surface area contributed by atoms with Gasteiger partial charge in [-0.3, -0.25) is 4.79 Å². The van der Waals surface area contributed by atoms with Crippen molar-refractivity contribution in [3.05, 3.63) is 17.8 Å². The maximum absolute atomic E-state index is 12.8. The number of aromatic nitrogens is 2. The van der Waals surface area contributed by atoms with Crippen molar-refractivity contribution in [2.45, 2.75) is 45.7 Å². The van der Waals surface area contributed by atoms with E-state index in [1.54, 1.807) is 0 Å². The van der Waals surface area contributed by atoms with Crippen LogP contribution in [0, 0.1) is 5.92 Å². The number of hydrogen-bond donors (Lipinski definition) is 1. The Bertz CT molecular complexity index is 443. The Labute approximate surface area is 115 Å². The van der Waals surface area contributed by atoms with Crippen molar-refractivity contribution < 1.29 is 18.0 Å². The van der Waals surface area contributed by atoms with Gasteiger partial charge in [0.25, 0.3) is 0 Å². The van der Waals surface area contributed by atoms with E-state index in [-0.39, 0.29) is 5.92 Å². The summed E-state index contributed by atoms with van der Waals surface area (Å²) in [6, 6.07) is 0.803. The first-order valence-corrected chi connectivity index (χ1v) is 6.59. The predicted molar refractivity (Wildman–Crippen MR) is 69.0 cm³/mol. The van der Waals surface area contributed by atoms with Crippen LogP contribution in [0.2, 0.25) is 0 Å². The molecule has 0 unspecified atom stereocenters. The number of rotatable bonds is 6. The second kappa shape index (κ2) is 7.21. The van der Waals surface area contributed by atoms with Crippen LogP contribution < -0.4 is 5.32 Å². The lowest BCUT2D eigenvalue weighted by atomic mass is 9.97. The highest BCUT2D eigenvalue weighted by molar-refractivity contribution is 5.92. The van der Waals surface area contributed by atoms with Crippen LogP contribution in [0.4, 0.5) is 19.0 Å². The summed E-state index contributed by atoms with van der Waals surface area (Å²) in [7, 11) is 0. The fraction of sp³-hybridized carbons (Fsp3) is 0.615. The van der Waals surface area contributed by atoms with Gasteiger partial charge in [-0.05, 0) is 18.9 Å². The van der Waals surface area contributed by atoms with Crippen molar-refractivity contribution in [2.24, 2.45) is 5.92 Å². The summed E-state index contributed by atoms with van der Waals surface area (Å²) in [4.78, 5) is 12.0. The number of anilines is 1. The number of carbonyl (C=O) groups is 1. The van der Waals surface area contributed by atoms with E-state index in [0.29, 0.717) is 12.8 Å². The fourth-order valence-corrected chi connectivity index (χ4v) is 1.98. The summed E-state index contributed by atoms with van der Waals surface area (Å²) in [6.07, 6.45) is -0.741. The summed E-state index contributed by atoms with van der Waals surface area (Å²) < 4.78 is 38.3. The van der Waals surface area contributed by atoms with E-state index in [4.69, 9.17) is 0 Å². The highest BCUT2D eigenvalue weighted by atomic mass is 19.4. The molecule has 0 saturated carbocycles. The molecule has 0 aliphatic heterocycles. The van der Waals surface area contributed by atoms with Crippen LogP contribution in [-0.2, 0) is 11.0 Å². The second-order valence-corrected chi connectivity index (χ2v) is 4.55. The molecule has 1 N–H and O–H groups in total. The Morgan fingerprint density at radius 1 is 1.30 bits per heavy atom. The molecule has 7 heteroatoms. The fourth-order valence-electron chi connectivity index (χ4n) is 1.98. The van der Waals surface area contributed by atoms with E-state index in [9.17, 15) is 18.0 Å². The van der Waals surface area contributed by atoms with E-state index in [2.05, 4.69) is 15.5 Å². The molecule has 112 valence electrons. The predicted octanol–water partition coefficient (Wildman–Crippen LogP) is 3.65. The number of nitrogens with one attached hydrogen (secondary N) is 1. The maximum Gasteiger partial charge on any atom is 0.420 e. The summed E-state index contributed by atoms with van der Waals surface area (Å²) in [5, 5.41) is 9.04. The van der Waals surface area contributed by atoms with Crippen LogP contribution >= 0.6 is 0 Å². The molecule has 1 amide bonds. The zero-order valence-corrected chi connectivity index (χ0v) is 11.5. The highest BCUT2D eigenvalue weighted by Gasteiger charge is 2.35. The van der Waals surface area contributed by atoms with Crippen LogP contribution in [0.1, 0.15) is 45.1 Å². The SMILES string of the molecule is CCCC(CCC)C(=O)Nc1nnccc1C(F)(F)F. The summed E-state index contributed by atoms with van der Waals surface area (Å²) >= 11 is 0. The molecule has 0 radical (unpaired) electrons. The molecule has 0 atom stereocenters. The average molecular weight is 289 g/mol. The molecule has 1 aromatic rings. The van der Waals surface area contributed by atoms with Gasteiger partial charge in [0.2, 0.25) is 5.91 Å². The molecule has 0 saturated heterocycles. The van der Waals surface area contributed by atoms with Gasteiger partial charge >= 0.3 is 6.18 Å². The van der Waals surface area contributed by atoms with Gasteiger partial charge in [-0.2, -0.15) is 18.3 Å². The smallest absolute Gasteiger partial charge is 0.308 e.